The Morgan fingerprint density at radius 2 is 2.06 bits per heavy atom. The molecule has 0 spiro atoms. The summed E-state index contributed by atoms with van der Waals surface area (Å²) in [5.74, 6) is 0.688. The van der Waals surface area contributed by atoms with E-state index in [0.29, 0.717) is 12.3 Å². The number of hydrogen-bond donors (Lipinski definition) is 1. The smallest absolute Gasteiger partial charge is 0.0529 e. The normalized spacial score (nSPS) is 13.8. The van der Waals surface area contributed by atoms with Crippen LogP contribution in [0.25, 0.3) is 0 Å². The third-order valence-electron chi connectivity index (χ3n) is 2.77. The van der Waals surface area contributed by atoms with E-state index in [9.17, 15) is 4.21 Å². The number of benzene rings is 1. The molecule has 3 heteroatoms. The largest absolute Gasteiger partial charge is 0.330 e. The summed E-state index contributed by atoms with van der Waals surface area (Å²) in [6, 6.07) is 7.89. The Balaban J connectivity index is 2.60. The van der Waals surface area contributed by atoms with Gasteiger partial charge in [0.25, 0.3) is 0 Å². The van der Waals surface area contributed by atoms with Gasteiger partial charge in [0, 0.05) is 10.6 Å². The van der Waals surface area contributed by atoms with Crippen LogP contribution in [0.3, 0.4) is 0 Å². The molecule has 16 heavy (non-hydrogen) atoms. The van der Waals surface area contributed by atoms with Crippen molar-refractivity contribution >= 4 is 10.8 Å². The van der Waals surface area contributed by atoms with E-state index in [0.717, 1.165) is 16.9 Å². The van der Waals surface area contributed by atoms with Crippen molar-refractivity contribution in [1.82, 2.24) is 0 Å². The van der Waals surface area contributed by atoms with Crippen LogP contribution in [-0.2, 0) is 10.8 Å². The minimum absolute atomic E-state index is 0.0828. The van der Waals surface area contributed by atoms with Crippen molar-refractivity contribution in [3.05, 3.63) is 29.8 Å². The third kappa shape index (κ3) is 4.06. The summed E-state index contributed by atoms with van der Waals surface area (Å²) in [5, 5.41) is 0. The minimum atomic E-state index is -0.897. The molecule has 1 aromatic rings. The summed E-state index contributed by atoms with van der Waals surface area (Å²) in [6.07, 6.45) is 0.893. The van der Waals surface area contributed by atoms with Crippen molar-refractivity contribution in [2.24, 2.45) is 11.1 Å². The molecule has 1 unspecified atom stereocenters. The van der Waals surface area contributed by atoms with E-state index < -0.39 is 10.8 Å². The first-order valence-electron chi connectivity index (χ1n) is 5.60. The molecule has 2 nitrogen and oxygen atoms in total. The Morgan fingerprint density at radius 3 is 2.62 bits per heavy atom. The zero-order valence-electron chi connectivity index (χ0n) is 10.3. The lowest BCUT2D eigenvalue weighted by molar-refractivity contribution is 0.367. The van der Waals surface area contributed by atoms with Gasteiger partial charge in [0.05, 0.1) is 10.8 Å². The van der Waals surface area contributed by atoms with E-state index in [1.807, 2.05) is 31.2 Å². The van der Waals surface area contributed by atoms with Gasteiger partial charge in [-0.2, -0.15) is 0 Å². The maximum atomic E-state index is 12.0. The van der Waals surface area contributed by atoms with Crippen LogP contribution >= 0.6 is 0 Å². The van der Waals surface area contributed by atoms with Crippen LogP contribution in [0, 0.1) is 12.3 Å². The molecular formula is C13H21NOS. The van der Waals surface area contributed by atoms with E-state index in [2.05, 4.69) is 13.8 Å². The van der Waals surface area contributed by atoms with Crippen LogP contribution in [0.2, 0.25) is 0 Å². The van der Waals surface area contributed by atoms with Crippen LogP contribution in [0.1, 0.15) is 25.8 Å². The highest BCUT2D eigenvalue weighted by molar-refractivity contribution is 7.85. The first kappa shape index (κ1) is 13.4. The molecule has 2 N–H and O–H groups in total. The van der Waals surface area contributed by atoms with Gasteiger partial charge in [0.15, 0.2) is 0 Å². The highest BCUT2D eigenvalue weighted by Gasteiger charge is 2.17. The molecule has 1 rings (SSSR count). The molecule has 0 radical (unpaired) electrons. The van der Waals surface area contributed by atoms with E-state index in [-0.39, 0.29) is 5.41 Å². The van der Waals surface area contributed by atoms with Crippen LogP contribution < -0.4 is 5.73 Å². The van der Waals surface area contributed by atoms with Crippen LogP contribution in [0.15, 0.2) is 29.2 Å². The van der Waals surface area contributed by atoms with Crippen molar-refractivity contribution < 1.29 is 4.21 Å². The molecule has 0 amide bonds. The second-order valence-corrected chi connectivity index (χ2v) is 6.56. The van der Waals surface area contributed by atoms with Crippen LogP contribution in [0.4, 0.5) is 0 Å². The van der Waals surface area contributed by atoms with E-state index in [1.165, 1.54) is 0 Å². The number of hydrogen-bond acceptors (Lipinski definition) is 2. The second kappa shape index (κ2) is 5.60. The first-order valence-corrected chi connectivity index (χ1v) is 6.92. The molecule has 0 aliphatic carbocycles. The van der Waals surface area contributed by atoms with Gasteiger partial charge in [-0.25, -0.2) is 0 Å². The van der Waals surface area contributed by atoms with Crippen molar-refractivity contribution in [3.8, 4) is 0 Å². The van der Waals surface area contributed by atoms with Crippen molar-refractivity contribution in [2.45, 2.75) is 32.1 Å². The lowest BCUT2D eigenvalue weighted by Crippen LogP contribution is -2.25. The molecule has 0 fully saturated rings. The fourth-order valence-corrected chi connectivity index (χ4v) is 2.87. The molecule has 1 aromatic carbocycles. The fraction of sp³-hybridized carbons (Fsp3) is 0.538. The van der Waals surface area contributed by atoms with Gasteiger partial charge in [0.2, 0.25) is 0 Å². The molecule has 0 aromatic heterocycles. The standard InChI is InChI=1S/C13H21NOS/c1-11-5-4-6-12(9-11)16(15)8-7-13(2,3)10-14/h4-6,9H,7-8,10,14H2,1-3H3. The molecule has 1 atom stereocenters. The van der Waals surface area contributed by atoms with Gasteiger partial charge in [-0.05, 0) is 43.0 Å². The zero-order chi connectivity index (χ0) is 12.2. The molecular weight excluding hydrogens is 218 g/mol. The number of rotatable bonds is 5. The maximum absolute atomic E-state index is 12.0. The van der Waals surface area contributed by atoms with Gasteiger partial charge in [-0.15, -0.1) is 0 Å². The summed E-state index contributed by atoms with van der Waals surface area (Å²) in [5.41, 5.74) is 6.90. The minimum Gasteiger partial charge on any atom is -0.330 e. The maximum Gasteiger partial charge on any atom is 0.0529 e. The quantitative estimate of drug-likeness (QED) is 0.858. The van der Waals surface area contributed by atoms with Gasteiger partial charge < -0.3 is 5.73 Å². The second-order valence-electron chi connectivity index (χ2n) is 4.98. The summed E-state index contributed by atoms with van der Waals surface area (Å²) < 4.78 is 12.0. The first-order chi connectivity index (χ1) is 7.44. The molecule has 0 saturated heterocycles. The van der Waals surface area contributed by atoms with Gasteiger partial charge in [-0.1, -0.05) is 26.0 Å². The molecule has 0 aliphatic rings. The van der Waals surface area contributed by atoms with Gasteiger partial charge in [0.1, 0.15) is 0 Å². The Labute approximate surface area is 101 Å². The van der Waals surface area contributed by atoms with Crippen molar-refractivity contribution in [2.75, 3.05) is 12.3 Å². The highest BCUT2D eigenvalue weighted by atomic mass is 32.2. The van der Waals surface area contributed by atoms with Crippen molar-refractivity contribution in [1.29, 1.82) is 0 Å². The summed E-state index contributed by atoms with van der Waals surface area (Å²) in [6.45, 7) is 6.88. The van der Waals surface area contributed by atoms with E-state index in [1.54, 1.807) is 0 Å². The highest BCUT2D eigenvalue weighted by Crippen LogP contribution is 2.20. The lowest BCUT2D eigenvalue weighted by atomic mass is 9.91. The third-order valence-corrected chi connectivity index (χ3v) is 4.12. The Morgan fingerprint density at radius 1 is 1.38 bits per heavy atom. The summed E-state index contributed by atoms with van der Waals surface area (Å²) in [7, 11) is -0.897. The monoisotopic (exact) mass is 239 g/mol. The Hall–Kier alpha value is -0.670. The number of aryl methyl sites for hydroxylation is 1. The fourth-order valence-electron chi connectivity index (χ4n) is 1.35. The van der Waals surface area contributed by atoms with Crippen molar-refractivity contribution in [3.63, 3.8) is 0 Å². The Bertz CT molecular complexity index is 374. The predicted molar refractivity (Wildman–Crippen MR) is 69.9 cm³/mol. The van der Waals surface area contributed by atoms with E-state index in [4.69, 9.17) is 5.73 Å². The predicted octanol–water partition coefficient (Wildman–Crippen LogP) is 2.48. The molecule has 0 heterocycles. The molecule has 0 aliphatic heterocycles. The number of nitrogens with two attached hydrogens (primary N) is 1. The SMILES string of the molecule is Cc1cccc(S(=O)CCC(C)(C)CN)c1. The molecule has 0 bridgehead atoms. The van der Waals surface area contributed by atoms with Gasteiger partial charge >= 0.3 is 0 Å². The average Bonchev–Trinajstić information content (AvgIpc) is 2.26. The van der Waals surface area contributed by atoms with Crippen LogP contribution in [-0.4, -0.2) is 16.5 Å². The molecule has 90 valence electrons. The topological polar surface area (TPSA) is 43.1 Å². The summed E-state index contributed by atoms with van der Waals surface area (Å²) >= 11 is 0. The van der Waals surface area contributed by atoms with Gasteiger partial charge in [-0.3, -0.25) is 4.21 Å². The van der Waals surface area contributed by atoms with E-state index >= 15 is 0 Å². The average molecular weight is 239 g/mol. The molecule has 0 saturated carbocycles. The zero-order valence-corrected chi connectivity index (χ0v) is 11.1. The Kier molecular flexibility index (Phi) is 4.69. The summed E-state index contributed by atoms with van der Waals surface area (Å²) in [4.78, 5) is 0.924. The van der Waals surface area contributed by atoms with Crippen LogP contribution in [0.5, 0.6) is 0 Å². The lowest BCUT2D eigenvalue weighted by Gasteiger charge is -2.21.